The zero-order chi connectivity index (χ0) is 13.9. The van der Waals surface area contributed by atoms with Crippen LogP contribution in [0.2, 0.25) is 0 Å². The van der Waals surface area contributed by atoms with E-state index < -0.39 is 0 Å². The second kappa shape index (κ2) is 5.21. The summed E-state index contributed by atoms with van der Waals surface area (Å²) in [7, 11) is 0. The summed E-state index contributed by atoms with van der Waals surface area (Å²) in [6.07, 6.45) is 2.89. The molecule has 0 amide bonds. The Hall–Kier alpha value is -2.55. The predicted molar refractivity (Wildman–Crippen MR) is 76.3 cm³/mol. The Labute approximate surface area is 115 Å². The van der Waals surface area contributed by atoms with E-state index in [0.29, 0.717) is 17.5 Å². The van der Waals surface area contributed by atoms with Crippen LogP contribution in [0.5, 0.6) is 0 Å². The number of aromatic nitrogens is 1. The highest BCUT2D eigenvalue weighted by atomic mass is 19.1. The highest BCUT2D eigenvalue weighted by Crippen LogP contribution is 2.21. The van der Waals surface area contributed by atoms with Crippen molar-refractivity contribution in [3.8, 4) is 0 Å². The summed E-state index contributed by atoms with van der Waals surface area (Å²) in [6.45, 7) is 0. The molecule has 0 saturated carbocycles. The molecule has 2 aromatic carbocycles. The topological polar surface area (TPSA) is 30.0 Å². The molecule has 1 heterocycles. The van der Waals surface area contributed by atoms with Crippen LogP contribution in [0.15, 0.2) is 54.7 Å². The van der Waals surface area contributed by atoms with Crippen LogP contribution in [-0.4, -0.2) is 11.3 Å². The minimum atomic E-state index is -0.295. The SMILES string of the molecule is O=Cc1ccc(F)c(Cc2ccnc3ccccc23)c1. The van der Waals surface area contributed by atoms with E-state index in [4.69, 9.17) is 0 Å². The van der Waals surface area contributed by atoms with Crippen molar-refractivity contribution in [2.75, 3.05) is 0 Å². The number of rotatable bonds is 3. The van der Waals surface area contributed by atoms with Crippen LogP contribution < -0.4 is 0 Å². The normalized spacial score (nSPS) is 10.7. The maximum absolute atomic E-state index is 13.9. The number of hydrogen-bond acceptors (Lipinski definition) is 2. The summed E-state index contributed by atoms with van der Waals surface area (Å²) in [4.78, 5) is 15.1. The van der Waals surface area contributed by atoms with Crippen molar-refractivity contribution in [3.63, 3.8) is 0 Å². The molecule has 1 aromatic heterocycles. The molecule has 0 unspecified atom stereocenters. The van der Waals surface area contributed by atoms with Crippen LogP contribution in [0.4, 0.5) is 4.39 Å². The molecule has 0 aliphatic heterocycles. The minimum absolute atomic E-state index is 0.295. The van der Waals surface area contributed by atoms with Crippen LogP contribution in [0.1, 0.15) is 21.5 Å². The molecule has 0 aliphatic carbocycles. The predicted octanol–water partition coefficient (Wildman–Crippen LogP) is 3.78. The molecule has 3 heteroatoms. The van der Waals surface area contributed by atoms with E-state index in [9.17, 15) is 9.18 Å². The molecule has 20 heavy (non-hydrogen) atoms. The standard InChI is InChI=1S/C17H12FNO/c18-16-6-5-12(11-20)9-14(16)10-13-7-8-19-17-4-2-1-3-15(13)17/h1-9,11H,10H2. The molecular weight excluding hydrogens is 253 g/mol. The third-order valence-corrected chi connectivity index (χ3v) is 3.33. The number of carbonyl (C=O) groups is 1. The fraction of sp³-hybridized carbons (Fsp3) is 0.0588. The van der Waals surface area contributed by atoms with Crippen molar-refractivity contribution in [2.24, 2.45) is 0 Å². The Kier molecular flexibility index (Phi) is 3.25. The molecule has 0 atom stereocenters. The largest absolute Gasteiger partial charge is 0.298 e. The van der Waals surface area contributed by atoms with E-state index in [1.54, 1.807) is 12.3 Å². The summed E-state index contributed by atoms with van der Waals surface area (Å²) < 4.78 is 13.9. The van der Waals surface area contributed by atoms with E-state index >= 15 is 0 Å². The molecule has 3 rings (SSSR count). The fourth-order valence-corrected chi connectivity index (χ4v) is 2.32. The van der Waals surface area contributed by atoms with E-state index in [-0.39, 0.29) is 5.82 Å². The van der Waals surface area contributed by atoms with Gasteiger partial charge in [-0.05, 0) is 41.5 Å². The number of pyridine rings is 1. The lowest BCUT2D eigenvalue weighted by atomic mass is 9.99. The monoisotopic (exact) mass is 265 g/mol. The lowest BCUT2D eigenvalue weighted by molar-refractivity contribution is 0.112. The zero-order valence-electron chi connectivity index (χ0n) is 10.7. The van der Waals surface area contributed by atoms with Gasteiger partial charge in [-0.15, -0.1) is 0 Å². The minimum Gasteiger partial charge on any atom is -0.298 e. The van der Waals surface area contributed by atoms with E-state index in [2.05, 4.69) is 4.98 Å². The third-order valence-electron chi connectivity index (χ3n) is 3.33. The van der Waals surface area contributed by atoms with Crippen molar-refractivity contribution in [2.45, 2.75) is 6.42 Å². The van der Waals surface area contributed by atoms with Crippen molar-refractivity contribution in [1.29, 1.82) is 0 Å². The fourth-order valence-electron chi connectivity index (χ4n) is 2.32. The van der Waals surface area contributed by atoms with Crippen LogP contribution in [-0.2, 0) is 6.42 Å². The average Bonchev–Trinajstić information content (AvgIpc) is 2.50. The summed E-state index contributed by atoms with van der Waals surface area (Å²) in [5.74, 6) is -0.295. The van der Waals surface area contributed by atoms with Gasteiger partial charge in [0, 0.05) is 23.6 Å². The number of hydrogen-bond donors (Lipinski definition) is 0. The second-order valence-electron chi connectivity index (χ2n) is 4.63. The van der Waals surface area contributed by atoms with Crippen molar-refractivity contribution < 1.29 is 9.18 Å². The molecule has 0 aliphatic rings. The van der Waals surface area contributed by atoms with Crippen LogP contribution in [0.25, 0.3) is 10.9 Å². The summed E-state index contributed by atoms with van der Waals surface area (Å²) in [5, 5.41) is 1.01. The highest BCUT2D eigenvalue weighted by Gasteiger charge is 2.07. The van der Waals surface area contributed by atoms with E-state index in [0.717, 1.165) is 22.8 Å². The lowest BCUT2D eigenvalue weighted by Crippen LogP contribution is -1.96. The van der Waals surface area contributed by atoms with Gasteiger partial charge in [-0.1, -0.05) is 18.2 Å². The molecule has 3 aromatic rings. The summed E-state index contributed by atoms with van der Waals surface area (Å²) >= 11 is 0. The van der Waals surface area contributed by atoms with Gasteiger partial charge in [0.1, 0.15) is 12.1 Å². The van der Waals surface area contributed by atoms with Gasteiger partial charge < -0.3 is 0 Å². The number of nitrogens with zero attached hydrogens (tertiary/aromatic N) is 1. The number of para-hydroxylation sites is 1. The number of benzene rings is 2. The van der Waals surface area contributed by atoms with Gasteiger partial charge in [0.05, 0.1) is 5.52 Å². The van der Waals surface area contributed by atoms with Gasteiger partial charge in [-0.2, -0.15) is 0 Å². The molecule has 0 radical (unpaired) electrons. The number of aldehydes is 1. The Bertz CT molecular complexity index is 778. The molecule has 0 spiro atoms. The van der Waals surface area contributed by atoms with Gasteiger partial charge in [-0.3, -0.25) is 9.78 Å². The molecule has 0 bridgehead atoms. The molecule has 0 saturated heterocycles. The van der Waals surface area contributed by atoms with E-state index in [1.165, 1.54) is 12.1 Å². The number of halogens is 1. The van der Waals surface area contributed by atoms with Crippen molar-refractivity contribution >= 4 is 17.2 Å². The Morgan fingerprint density at radius 1 is 1.05 bits per heavy atom. The van der Waals surface area contributed by atoms with Crippen molar-refractivity contribution in [1.82, 2.24) is 4.98 Å². The maximum atomic E-state index is 13.9. The van der Waals surface area contributed by atoms with Gasteiger partial charge >= 0.3 is 0 Å². The van der Waals surface area contributed by atoms with Crippen LogP contribution in [0.3, 0.4) is 0 Å². The van der Waals surface area contributed by atoms with Gasteiger partial charge in [0.2, 0.25) is 0 Å². The first-order valence-corrected chi connectivity index (χ1v) is 6.34. The zero-order valence-corrected chi connectivity index (χ0v) is 10.7. The smallest absolute Gasteiger partial charge is 0.150 e. The Morgan fingerprint density at radius 2 is 1.90 bits per heavy atom. The molecular formula is C17H12FNO. The van der Waals surface area contributed by atoms with E-state index in [1.807, 2.05) is 30.3 Å². The first kappa shape index (κ1) is 12.5. The maximum Gasteiger partial charge on any atom is 0.150 e. The van der Waals surface area contributed by atoms with Gasteiger partial charge in [0.25, 0.3) is 0 Å². The lowest BCUT2D eigenvalue weighted by Gasteiger charge is -2.07. The number of carbonyl (C=O) groups excluding carboxylic acids is 1. The first-order valence-electron chi connectivity index (χ1n) is 6.34. The van der Waals surface area contributed by atoms with Crippen LogP contribution >= 0.6 is 0 Å². The number of fused-ring (bicyclic) bond motifs is 1. The molecule has 0 N–H and O–H groups in total. The third kappa shape index (κ3) is 2.30. The highest BCUT2D eigenvalue weighted by molar-refractivity contribution is 5.82. The summed E-state index contributed by atoms with van der Waals surface area (Å²) in [6, 6.07) is 14.1. The average molecular weight is 265 g/mol. The van der Waals surface area contributed by atoms with Crippen LogP contribution in [0, 0.1) is 5.82 Å². The van der Waals surface area contributed by atoms with Gasteiger partial charge in [-0.25, -0.2) is 4.39 Å². The second-order valence-corrected chi connectivity index (χ2v) is 4.63. The first-order chi connectivity index (χ1) is 9.78. The quantitative estimate of drug-likeness (QED) is 0.675. The van der Waals surface area contributed by atoms with Crippen molar-refractivity contribution in [3.05, 3.63) is 77.2 Å². The molecule has 0 fully saturated rings. The Balaban J connectivity index is 2.07. The summed E-state index contributed by atoms with van der Waals surface area (Å²) in [5.41, 5.74) is 2.89. The van der Waals surface area contributed by atoms with Gasteiger partial charge in [0.15, 0.2) is 0 Å². The molecule has 2 nitrogen and oxygen atoms in total. The Morgan fingerprint density at radius 3 is 2.75 bits per heavy atom. The molecule has 98 valence electrons.